The molecule has 6 nitrogen and oxygen atoms in total. The maximum absolute atomic E-state index is 12.3. The van der Waals surface area contributed by atoms with E-state index in [0.29, 0.717) is 19.8 Å². The molecule has 0 aromatic carbocycles. The molecule has 1 rings (SSSR count). The molecule has 0 radical (unpaired) electrons. The van der Waals surface area contributed by atoms with Gasteiger partial charge in [0.2, 0.25) is 0 Å². The Morgan fingerprint density at radius 2 is 1.96 bits per heavy atom. The Morgan fingerprint density at radius 1 is 1.38 bits per heavy atom. The first-order valence-electron chi connectivity index (χ1n) is 8.67. The lowest BCUT2D eigenvalue weighted by atomic mass is 9.77. The maximum atomic E-state index is 12.3. The fraction of sp³-hybridized carbons (Fsp3) is 0.778. The molecule has 0 saturated carbocycles. The fourth-order valence-electron chi connectivity index (χ4n) is 3.60. The Hall–Kier alpha value is -1.58. The van der Waals surface area contributed by atoms with Crippen LogP contribution in [0.2, 0.25) is 0 Å². The zero-order valence-electron chi connectivity index (χ0n) is 15.7. The smallest absolute Gasteiger partial charge is 0.263 e. The topological polar surface area (TPSA) is 91.4 Å². The van der Waals surface area contributed by atoms with Gasteiger partial charge in [0.1, 0.15) is 11.6 Å². The summed E-state index contributed by atoms with van der Waals surface area (Å²) in [6, 6.07) is 2.16. The Labute approximate surface area is 146 Å². The standard InChI is InChI=1S/C18H32N4O2/c1-6-24-9-7-8-21-16(23)14(12-19)13-22-17(2,3)10-15(20)11-18(22,4)5/h13,15H,6-11,20H2,1-5H3,(H,21,23)/b14-13-. The van der Waals surface area contributed by atoms with E-state index in [2.05, 4.69) is 37.9 Å². The lowest BCUT2D eigenvalue weighted by Crippen LogP contribution is -2.61. The van der Waals surface area contributed by atoms with Crippen LogP contribution in [0, 0.1) is 11.3 Å². The van der Waals surface area contributed by atoms with Gasteiger partial charge in [0.15, 0.2) is 0 Å². The molecule has 1 aliphatic heterocycles. The van der Waals surface area contributed by atoms with Crippen molar-refractivity contribution >= 4 is 5.91 Å². The van der Waals surface area contributed by atoms with E-state index in [1.807, 2.05) is 13.0 Å². The summed E-state index contributed by atoms with van der Waals surface area (Å²) in [6.07, 6.45) is 4.07. The monoisotopic (exact) mass is 336 g/mol. The summed E-state index contributed by atoms with van der Waals surface area (Å²) >= 11 is 0. The summed E-state index contributed by atoms with van der Waals surface area (Å²) in [6.45, 7) is 12.1. The SMILES string of the molecule is CCOCCCNC(=O)/C(C#N)=C\N1C(C)(C)CC(N)CC1(C)C. The highest BCUT2D eigenvalue weighted by atomic mass is 16.5. The van der Waals surface area contributed by atoms with Gasteiger partial charge in [-0.2, -0.15) is 5.26 Å². The number of hydrogen-bond acceptors (Lipinski definition) is 5. The molecule has 3 N–H and O–H groups in total. The predicted molar refractivity (Wildman–Crippen MR) is 95.0 cm³/mol. The number of ether oxygens (including phenoxy) is 1. The van der Waals surface area contributed by atoms with Crippen molar-refractivity contribution in [2.75, 3.05) is 19.8 Å². The van der Waals surface area contributed by atoms with Gasteiger partial charge in [-0.1, -0.05) is 0 Å². The third-order valence-electron chi connectivity index (χ3n) is 4.41. The average molecular weight is 336 g/mol. The fourth-order valence-corrected chi connectivity index (χ4v) is 3.60. The van der Waals surface area contributed by atoms with Crippen LogP contribution >= 0.6 is 0 Å². The van der Waals surface area contributed by atoms with Crippen molar-refractivity contribution in [3.63, 3.8) is 0 Å². The predicted octanol–water partition coefficient (Wildman–Crippen LogP) is 1.92. The van der Waals surface area contributed by atoms with Crippen molar-refractivity contribution in [2.24, 2.45) is 5.73 Å². The van der Waals surface area contributed by atoms with E-state index in [9.17, 15) is 10.1 Å². The minimum absolute atomic E-state index is 0.123. The second kappa shape index (κ2) is 8.50. The Balaban J connectivity index is 2.82. The van der Waals surface area contributed by atoms with Crippen molar-refractivity contribution in [1.82, 2.24) is 10.2 Å². The second-order valence-electron chi connectivity index (χ2n) is 7.62. The third kappa shape index (κ3) is 5.50. The molecule has 0 atom stereocenters. The number of nitriles is 1. The summed E-state index contributed by atoms with van der Waals surface area (Å²) < 4.78 is 5.24. The first kappa shape index (κ1) is 20.5. The maximum Gasteiger partial charge on any atom is 0.263 e. The van der Waals surface area contributed by atoms with Gasteiger partial charge in [0.25, 0.3) is 5.91 Å². The second-order valence-corrected chi connectivity index (χ2v) is 7.62. The van der Waals surface area contributed by atoms with Gasteiger partial charge in [0.05, 0.1) is 0 Å². The van der Waals surface area contributed by atoms with E-state index in [4.69, 9.17) is 10.5 Å². The van der Waals surface area contributed by atoms with Crippen LogP contribution in [0.3, 0.4) is 0 Å². The number of piperidine rings is 1. The molecule has 0 aromatic heterocycles. The van der Waals surface area contributed by atoms with Crippen LogP contribution in [0.15, 0.2) is 11.8 Å². The van der Waals surface area contributed by atoms with Crippen LogP contribution < -0.4 is 11.1 Å². The van der Waals surface area contributed by atoms with E-state index >= 15 is 0 Å². The molecule has 6 heteroatoms. The van der Waals surface area contributed by atoms with Crippen LogP contribution in [-0.4, -0.2) is 47.7 Å². The summed E-state index contributed by atoms with van der Waals surface area (Å²) in [5.41, 5.74) is 5.88. The zero-order chi connectivity index (χ0) is 18.4. The van der Waals surface area contributed by atoms with Gasteiger partial charge in [0, 0.05) is 43.1 Å². The van der Waals surface area contributed by atoms with Crippen LogP contribution in [0.4, 0.5) is 0 Å². The van der Waals surface area contributed by atoms with Crippen molar-refractivity contribution in [3.05, 3.63) is 11.8 Å². The first-order chi connectivity index (χ1) is 11.1. The van der Waals surface area contributed by atoms with E-state index < -0.39 is 0 Å². The van der Waals surface area contributed by atoms with Crippen LogP contribution in [0.5, 0.6) is 0 Å². The normalized spacial score (nSPS) is 20.5. The van der Waals surface area contributed by atoms with E-state index in [-0.39, 0.29) is 28.6 Å². The van der Waals surface area contributed by atoms with Gasteiger partial charge in [-0.05, 0) is 53.9 Å². The van der Waals surface area contributed by atoms with Crippen molar-refractivity contribution in [3.8, 4) is 6.07 Å². The number of hydrogen-bond donors (Lipinski definition) is 2. The molecule has 0 aliphatic carbocycles. The number of nitrogens with one attached hydrogen (secondary N) is 1. The van der Waals surface area contributed by atoms with Gasteiger partial charge >= 0.3 is 0 Å². The number of carbonyl (C=O) groups is 1. The van der Waals surface area contributed by atoms with Crippen molar-refractivity contribution < 1.29 is 9.53 Å². The highest BCUT2D eigenvalue weighted by Gasteiger charge is 2.43. The first-order valence-corrected chi connectivity index (χ1v) is 8.67. The Bertz CT molecular complexity index is 488. The minimum atomic E-state index is -0.338. The molecule has 1 saturated heterocycles. The molecule has 1 heterocycles. The molecule has 0 unspecified atom stereocenters. The third-order valence-corrected chi connectivity index (χ3v) is 4.41. The van der Waals surface area contributed by atoms with Gasteiger partial charge in [-0.25, -0.2) is 0 Å². The van der Waals surface area contributed by atoms with E-state index in [1.165, 1.54) is 0 Å². The van der Waals surface area contributed by atoms with Crippen molar-refractivity contribution in [1.29, 1.82) is 5.26 Å². The summed E-state index contributed by atoms with van der Waals surface area (Å²) in [5.74, 6) is -0.338. The van der Waals surface area contributed by atoms with Crippen LogP contribution in [0.1, 0.15) is 53.9 Å². The van der Waals surface area contributed by atoms with Crippen LogP contribution in [0.25, 0.3) is 0 Å². The zero-order valence-corrected chi connectivity index (χ0v) is 15.7. The summed E-state index contributed by atoms with van der Waals surface area (Å²) in [4.78, 5) is 14.4. The highest BCUT2D eigenvalue weighted by Crippen LogP contribution is 2.38. The lowest BCUT2D eigenvalue weighted by Gasteiger charge is -2.54. The Kier molecular flexibility index (Phi) is 7.25. The molecular weight excluding hydrogens is 304 g/mol. The lowest BCUT2D eigenvalue weighted by molar-refractivity contribution is -0.117. The molecule has 0 spiro atoms. The molecular formula is C18H32N4O2. The molecule has 1 fully saturated rings. The highest BCUT2D eigenvalue weighted by molar-refractivity contribution is 5.97. The molecule has 1 amide bonds. The molecule has 1 aliphatic rings. The number of likely N-dealkylation sites (tertiary alicyclic amines) is 1. The number of nitrogens with zero attached hydrogens (tertiary/aromatic N) is 2. The number of carbonyl (C=O) groups excluding carboxylic acids is 1. The van der Waals surface area contributed by atoms with E-state index in [1.54, 1.807) is 6.20 Å². The Morgan fingerprint density at radius 3 is 2.46 bits per heavy atom. The van der Waals surface area contributed by atoms with Crippen LogP contribution in [-0.2, 0) is 9.53 Å². The van der Waals surface area contributed by atoms with Gasteiger partial charge in [-0.15, -0.1) is 0 Å². The number of amides is 1. The molecule has 24 heavy (non-hydrogen) atoms. The average Bonchev–Trinajstić information content (AvgIpc) is 2.44. The summed E-state index contributed by atoms with van der Waals surface area (Å²) in [5, 5.41) is 12.2. The van der Waals surface area contributed by atoms with E-state index in [0.717, 1.165) is 19.3 Å². The number of nitrogens with two attached hydrogens (primary N) is 1. The molecule has 0 bridgehead atoms. The van der Waals surface area contributed by atoms with Crippen molar-refractivity contribution in [2.45, 2.75) is 71.0 Å². The molecule has 136 valence electrons. The van der Waals surface area contributed by atoms with Gasteiger partial charge in [-0.3, -0.25) is 4.79 Å². The number of rotatable bonds is 7. The molecule has 0 aromatic rings. The van der Waals surface area contributed by atoms with Gasteiger partial charge < -0.3 is 20.7 Å². The minimum Gasteiger partial charge on any atom is -0.382 e. The quantitative estimate of drug-likeness (QED) is 0.421. The largest absolute Gasteiger partial charge is 0.382 e. The summed E-state index contributed by atoms with van der Waals surface area (Å²) in [7, 11) is 0.